The Bertz CT molecular complexity index is 1570. The van der Waals surface area contributed by atoms with Gasteiger partial charge in [0.1, 0.15) is 5.75 Å². The van der Waals surface area contributed by atoms with Crippen molar-refractivity contribution in [3.05, 3.63) is 82.6 Å². The van der Waals surface area contributed by atoms with Gasteiger partial charge in [0, 0.05) is 40.7 Å². The van der Waals surface area contributed by atoms with Crippen LogP contribution in [0.4, 0.5) is 5.69 Å². The fourth-order valence-electron chi connectivity index (χ4n) is 4.46. The molecule has 0 unspecified atom stereocenters. The van der Waals surface area contributed by atoms with Crippen molar-refractivity contribution in [1.29, 1.82) is 0 Å². The summed E-state index contributed by atoms with van der Waals surface area (Å²) >= 11 is 1.59. The number of fused-ring (bicyclic) bond motifs is 1. The van der Waals surface area contributed by atoms with Crippen molar-refractivity contribution < 1.29 is 18.9 Å². The molecule has 2 aromatic heterocycles. The Labute approximate surface area is 219 Å². The lowest BCUT2D eigenvalue weighted by molar-refractivity contribution is 0.324. The van der Waals surface area contributed by atoms with Gasteiger partial charge in [-0.15, -0.1) is 11.3 Å². The Balaban J connectivity index is 1.62. The molecule has 5 rings (SSSR count). The third kappa shape index (κ3) is 4.93. The van der Waals surface area contributed by atoms with Gasteiger partial charge in [-0.3, -0.25) is 0 Å². The fourth-order valence-corrected chi connectivity index (χ4v) is 5.41. The number of nitrogens with one attached hydrogen (secondary N) is 1. The molecule has 0 aliphatic heterocycles. The number of ether oxygens (including phenoxy) is 4. The first-order valence-corrected chi connectivity index (χ1v) is 12.8. The lowest BCUT2D eigenvalue weighted by Gasteiger charge is -2.15. The molecule has 0 bridgehead atoms. The van der Waals surface area contributed by atoms with E-state index in [2.05, 4.69) is 39.3 Å². The number of hydrogen-bond acceptors (Lipinski definition) is 6. The van der Waals surface area contributed by atoms with Gasteiger partial charge in [0.2, 0.25) is 5.75 Å². The second kappa shape index (κ2) is 10.8. The summed E-state index contributed by atoms with van der Waals surface area (Å²) < 4.78 is 24.4. The van der Waals surface area contributed by atoms with Crippen LogP contribution in [0.3, 0.4) is 0 Å². The Hall–Kier alpha value is -4.17. The van der Waals surface area contributed by atoms with Gasteiger partial charge in [-0.1, -0.05) is 24.3 Å². The van der Waals surface area contributed by atoms with E-state index in [9.17, 15) is 0 Å². The van der Waals surface area contributed by atoms with Gasteiger partial charge < -0.3 is 28.5 Å². The minimum Gasteiger partial charge on any atom is -0.497 e. The van der Waals surface area contributed by atoms with Gasteiger partial charge in [-0.25, -0.2) is 4.99 Å². The van der Waals surface area contributed by atoms with Gasteiger partial charge in [0.15, 0.2) is 16.3 Å². The van der Waals surface area contributed by atoms with Crippen molar-refractivity contribution in [2.75, 3.05) is 28.4 Å². The fraction of sp³-hybridized carbons (Fsp3) is 0.207. The highest BCUT2D eigenvalue weighted by Crippen LogP contribution is 2.41. The van der Waals surface area contributed by atoms with Crippen molar-refractivity contribution in [3.63, 3.8) is 0 Å². The van der Waals surface area contributed by atoms with E-state index in [1.807, 2.05) is 42.5 Å². The zero-order valence-corrected chi connectivity index (χ0v) is 22.1. The molecule has 0 amide bonds. The molecule has 0 aliphatic carbocycles. The molecule has 5 aromatic rings. The molecule has 0 saturated carbocycles. The molecule has 190 valence electrons. The lowest BCUT2D eigenvalue weighted by Crippen LogP contribution is -2.17. The molecule has 1 N–H and O–H groups in total. The molecule has 2 heterocycles. The third-order valence-electron chi connectivity index (χ3n) is 6.32. The number of hydrogen-bond donors (Lipinski definition) is 1. The molecule has 0 saturated heterocycles. The highest BCUT2D eigenvalue weighted by atomic mass is 32.1. The summed E-state index contributed by atoms with van der Waals surface area (Å²) in [6.45, 7) is 0.736. The Morgan fingerprint density at radius 3 is 2.38 bits per heavy atom. The van der Waals surface area contributed by atoms with Crippen molar-refractivity contribution >= 4 is 27.9 Å². The number of aromatic amines is 1. The van der Waals surface area contributed by atoms with Crippen molar-refractivity contribution in [1.82, 2.24) is 9.55 Å². The molecule has 7 nitrogen and oxygen atoms in total. The van der Waals surface area contributed by atoms with E-state index in [1.54, 1.807) is 39.8 Å². The average molecular weight is 516 g/mol. The quantitative estimate of drug-likeness (QED) is 0.253. The smallest absolute Gasteiger partial charge is 0.203 e. The van der Waals surface area contributed by atoms with E-state index in [4.69, 9.17) is 23.9 Å². The Morgan fingerprint density at radius 2 is 1.65 bits per heavy atom. The molecule has 0 fully saturated rings. The summed E-state index contributed by atoms with van der Waals surface area (Å²) in [5, 5.41) is 3.36. The molecule has 0 spiro atoms. The molecule has 0 atom stereocenters. The largest absolute Gasteiger partial charge is 0.497 e. The van der Waals surface area contributed by atoms with Gasteiger partial charge in [-0.05, 0) is 42.3 Å². The summed E-state index contributed by atoms with van der Waals surface area (Å²) in [5.41, 5.74) is 5.21. The first kappa shape index (κ1) is 24.5. The van der Waals surface area contributed by atoms with E-state index in [-0.39, 0.29) is 0 Å². The van der Waals surface area contributed by atoms with Crippen LogP contribution >= 0.6 is 11.3 Å². The van der Waals surface area contributed by atoms with E-state index >= 15 is 0 Å². The second-order valence-electron chi connectivity index (χ2n) is 8.39. The van der Waals surface area contributed by atoms with Crippen molar-refractivity contribution in [2.45, 2.75) is 13.0 Å². The Morgan fingerprint density at radius 1 is 0.865 bits per heavy atom. The average Bonchev–Trinajstić information content (AvgIpc) is 3.54. The number of rotatable bonds is 9. The summed E-state index contributed by atoms with van der Waals surface area (Å²) in [6, 6.07) is 20.1. The van der Waals surface area contributed by atoms with Crippen LogP contribution in [-0.2, 0) is 13.0 Å². The second-order valence-corrected chi connectivity index (χ2v) is 9.23. The van der Waals surface area contributed by atoms with Crippen LogP contribution in [0.15, 0.2) is 77.2 Å². The predicted molar refractivity (Wildman–Crippen MR) is 148 cm³/mol. The SMILES string of the molecule is COc1cccc(N=c2scc(-c3cc(OC)c(OC)c(OC)c3)n2CCc2c[nH]c3ccccc23)c1. The number of thiazole rings is 1. The topological polar surface area (TPSA) is 70.0 Å². The van der Waals surface area contributed by atoms with E-state index < -0.39 is 0 Å². The molecular weight excluding hydrogens is 486 g/mol. The van der Waals surface area contributed by atoms with Crippen LogP contribution in [0.2, 0.25) is 0 Å². The summed E-state index contributed by atoms with van der Waals surface area (Å²) in [6.07, 6.45) is 2.93. The molecule has 3 aromatic carbocycles. The van der Waals surface area contributed by atoms with E-state index in [1.165, 1.54) is 10.9 Å². The zero-order valence-electron chi connectivity index (χ0n) is 21.3. The van der Waals surface area contributed by atoms with Gasteiger partial charge in [0.05, 0.1) is 39.8 Å². The normalized spacial score (nSPS) is 11.6. The van der Waals surface area contributed by atoms with Crippen LogP contribution in [0.1, 0.15) is 5.56 Å². The first-order valence-electron chi connectivity index (χ1n) is 11.9. The number of para-hydroxylation sites is 1. The molecule has 8 heteroatoms. The van der Waals surface area contributed by atoms with Gasteiger partial charge in [0.25, 0.3) is 0 Å². The number of H-pyrrole nitrogens is 1. The van der Waals surface area contributed by atoms with Crippen LogP contribution < -0.4 is 23.7 Å². The molecular formula is C29H29N3O4S. The minimum atomic E-state index is 0.565. The maximum atomic E-state index is 5.62. The molecule has 37 heavy (non-hydrogen) atoms. The summed E-state index contributed by atoms with van der Waals surface area (Å²) in [4.78, 5) is 9.25. The van der Waals surface area contributed by atoms with Gasteiger partial charge >= 0.3 is 0 Å². The number of nitrogens with zero attached hydrogens (tertiary/aromatic N) is 2. The van der Waals surface area contributed by atoms with Crippen LogP contribution in [0, 0.1) is 0 Å². The van der Waals surface area contributed by atoms with E-state index in [0.717, 1.165) is 46.0 Å². The maximum absolute atomic E-state index is 5.62. The van der Waals surface area contributed by atoms with Crippen LogP contribution in [0.5, 0.6) is 23.0 Å². The standard InChI is InChI=1S/C29H29N3O4S/c1-33-22-9-7-8-21(16-22)31-29-32(13-12-19-17-30-24-11-6-5-10-23(19)24)25(18-37-29)20-14-26(34-2)28(36-4)27(15-20)35-3/h5-11,14-18,30H,12-13H2,1-4H3. The first-order chi connectivity index (χ1) is 18.1. The lowest BCUT2D eigenvalue weighted by atomic mass is 10.1. The third-order valence-corrected chi connectivity index (χ3v) is 7.18. The Kier molecular flexibility index (Phi) is 7.18. The highest BCUT2D eigenvalue weighted by molar-refractivity contribution is 7.07. The predicted octanol–water partition coefficient (Wildman–Crippen LogP) is 6.21. The molecule has 0 aliphatic rings. The van der Waals surface area contributed by atoms with Crippen molar-refractivity contribution in [3.8, 4) is 34.3 Å². The number of aromatic nitrogens is 2. The highest BCUT2D eigenvalue weighted by Gasteiger charge is 2.17. The monoisotopic (exact) mass is 515 g/mol. The van der Waals surface area contributed by atoms with Crippen LogP contribution in [-0.4, -0.2) is 38.0 Å². The van der Waals surface area contributed by atoms with Crippen LogP contribution in [0.25, 0.3) is 22.2 Å². The summed E-state index contributed by atoms with van der Waals surface area (Å²) in [7, 11) is 6.53. The van der Waals surface area contributed by atoms with Crippen molar-refractivity contribution in [2.24, 2.45) is 4.99 Å². The number of methoxy groups -OCH3 is 4. The van der Waals surface area contributed by atoms with Gasteiger partial charge in [-0.2, -0.15) is 0 Å². The molecule has 0 radical (unpaired) electrons. The van der Waals surface area contributed by atoms with E-state index in [0.29, 0.717) is 17.2 Å². The minimum absolute atomic E-state index is 0.565. The zero-order chi connectivity index (χ0) is 25.8. The number of benzene rings is 3. The maximum Gasteiger partial charge on any atom is 0.203 e. The number of aryl methyl sites for hydroxylation is 1. The summed E-state index contributed by atoms with van der Waals surface area (Å²) in [5.74, 6) is 2.55.